The van der Waals surface area contributed by atoms with Crippen molar-refractivity contribution in [1.29, 1.82) is 0 Å². The monoisotopic (exact) mass is 226 g/mol. The maximum absolute atomic E-state index is 5.79. The summed E-state index contributed by atoms with van der Waals surface area (Å²) in [5, 5.41) is 0. The molecular formula is C16H18O. The van der Waals surface area contributed by atoms with Crippen molar-refractivity contribution in [2.45, 2.75) is 26.7 Å². The first-order valence-corrected chi connectivity index (χ1v) is 6.11. The predicted molar refractivity (Wildman–Crippen MR) is 71.7 cm³/mol. The number of aryl methyl sites for hydroxylation is 2. The molecule has 1 nitrogen and oxygen atoms in total. The van der Waals surface area contributed by atoms with E-state index >= 15 is 0 Å². The molecule has 2 aromatic carbocycles. The Labute approximate surface area is 103 Å². The lowest BCUT2D eigenvalue weighted by Crippen LogP contribution is -1.86. The average molecular weight is 226 g/mol. The van der Waals surface area contributed by atoms with Crippen LogP contribution in [0.15, 0.2) is 48.5 Å². The van der Waals surface area contributed by atoms with Crippen LogP contribution >= 0.6 is 0 Å². The molecule has 0 aliphatic carbocycles. The Morgan fingerprint density at radius 3 is 2.35 bits per heavy atom. The molecule has 0 saturated carbocycles. The van der Waals surface area contributed by atoms with Crippen molar-refractivity contribution in [2.24, 2.45) is 0 Å². The molecule has 0 unspecified atom stereocenters. The zero-order chi connectivity index (χ0) is 12.1. The largest absolute Gasteiger partial charge is 0.457 e. The van der Waals surface area contributed by atoms with Gasteiger partial charge in [0.15, 0.2) is 0 Å². The van der Waals surface area contributed by atoms with Crippen molar-refractivity contribution in [3.05, 3.63) is 59.7 Å². The standard InChI is InChI=1S/C16H18O/c1-3-5-14-8-10-15(11-9-14)17-16-7-4-6-13(2)12-16/h4,6-12H,3,5H2,1-2H3. The summed E-state index contributed by atoms with van der Waals surface area (Å²) in [5.41, 5.74) is 2.58. The lowest BCUT2D eigenvalue weighted by molar-refractivity contribution is 0.482. The molecule has 0 radical (unpaired) electrons. The van der Waals surface area contributed by atoms with E-state index in [-0.39, 0.29) is 0 Å². The molecule has 2 aromatic rings. The van der Waals surface area contributed by atoms with E-state index in [1.807, 2.05) is 30.3 Å². The van der Waals surface area contributed by atoms with Crippen LogP contribution in [0.3, 0.4) is 0 Å². The van der Waals surface area contributed by atoms with Crippen LogP contribution in [0.2, 0.25) is 0 Å². The Hall–Kier alpha value is -1.76. The van der Waals surface area contributed by atoms with E-state index in [9.17, 15) is 0 Å². The van der Waals surface area contributed by atoms with E-state index in [2.05, 4.69) is 32.0 Å². The first kappa shape index (κ1) is 11.7. The molecule has 0 N–H and O–H groups in total. The van der Waals surface area contributed by atoms with Gasteiger partial charge in [-0.3, -0.25) is 0 Å². The molecule has 0 fully saturated rings. The van der Waals surface area contributed by atoms with Gasteiger partial charge >= 0.3 is 0 Å². The van der Waals surface area contributed by atoms with Gasteiger partial charge in [-0.2, -0.15) is 0 Å². The topological polar surface area (TPSA) is 9.23 Å². The van der Waals surface area contributed by atoms with Gasteiger partial charge in [0.1, 0.15) is 11.5 Å². The van der Waals surface area contributed by atoms with Gasteiger partial charge in [-0.05, 0) is 48.7 Å². The van der Waals surface area contributed by atoms with Gasteiger partial charge in [0.25, 0.3) is 0 Å². The average Bonchev–Trinajstić information content (AvgIpc) is 2.32. The molecule has 0 heterocycles. The summed E-state index contributed by atoms with van der Waals surface area (Å²) >= 11 is 0. The summed E-state index contributed by atoms with van der Waals surface area (Å²) in [7, 11) is 0. The smallest absolute Gasteiger partial charge is 0.127 e. The van der Waals surface area contributed by atoms with Crippen molar-refractivity contribution >= 4 is 0 Å². The van der Waals surface area contributed by atoms with E-state index in [4.69, 9.17) is 4.74 Å². The van der Waals surface area contributed by atoms with Crippen LogP contribution in [0.4, 0.5) is 0 Å². The van der Waals surface area contributed by atoms with Crippen LogP contribution in [0.1, 0.15) is 24.5 Å². The summed E-state index contributed by atoms with van der Waals surface area (Å²) in [6.07, 6.45) is 2.31. The van der Waals surface area contributed by atoms with Crippen LogP contribution < -0.4 is 4.74 Å². The minimum absolute atomic E-state index is 0.897. The van der Waals surface area contributed by atoms with Crippen molar-refractivity contribution in [2.75, 3.05) is 0 Å². The third-order valence-corrected chi connectivity index (χ3v) is 2.69. The molecule has 1 heteroatoms. The van der Waals surface area contributed by atoms with Crippen LogP contribution in [0.5, 0.6) is 11.5 Å². The van der Waals surface area contributed by atoms with Crippen LogP contribution in [0, 0.1) is 6.92 Å². The van der Waals surface area contributed by atoms with Crippen LogP contribution in [-0.2, 0) is 6.42 Å². The Balaban J connectivity index is 2.08. The maximum atomic E-state index is 5.79. The second-order valence-electron chi connectivity index (χ2n) is 4.31. The molecule has 0 bridgehead atoms. The molecule has 88 valence electrons. The first-order valence-electron chi connectivity index (χ1n) is 6.11. The quantitative estimate of drug-likeness (QED) is 0.731. The second-order valence-corrected chi connectivity index (χ2v) is 4.31. The van der Waals surface area contributed by atoms with Gasteiger partial charge in [0.2, 0.25) is 0 Å². The molecule has 2 rings (SSSR count). The van der Waals surface area contributed by atoms with Gasteiger partial charge in [0.05, 0.1) is 0 Å². The molecule has 0 amide bonds. The number of rotatable bonds is 4. The zero-order valence-electron chi connectivity index (χ0n) is 10.4. The van der Waals surface area contributed by atoms with E-state index < -0.39 is 0 Å². The highest BCUT2D eigenvalue weighted by Crippen LogP contribution is 2.22. The summed E-state index contributed by atoms with van der Waals surface area (Å²) in [4.78, 5) is 0. The highest BCUT2D eigenvalue weighted by Gasteiger charge is 1.97. The Bertz CT molecular complexity index is 471. The fourth-order valence-electron chi connectivity index (χ4n) is 1.83. The molecular weight excluding hydrogens is 208 g/mol. The Morgan fingerprint density at radius 2 is 1.71 bits per heavy atom. The SMILES string of the molecule is CCCc1ccc(Oc2cccc(C)c2)cc1. The van der Waals surface area contributed by atoms with Crippen molar-refractivity contribution < 1.29 is 4.74 Å². The molecule has 17 heavy (non-hydrogen) atoms. The van der Waals surface area contributed by atoms with Crippen molar-refractivity contribution in [1.82, 2.24) is 0 Å². The van der Waals surface area contributed by atoms with Gasteiger partial charge in [-0.25, -0.2) is 0 Å². The van der Waals surface area contributed by atoms with Crippen LogP contribution in [0.25, 0.3) is 0 Å². The summed E-state index contributed by atoms with van der Waals surface area (Å²) in [6.45, 7) is 4.26. The van der Waals surface area contributed by atoms with Gasteiger partial charge in [-0.15, -0.1) is 0 Å². The third-order valence-electron chi connectivity index (χ3n) is 2.69. The number of benzene rings is 2. The number of ether oxygens (including phenoxy) is 1. The maximum Gasteiger partial charge on any atom is 0.127 e. The van der Waals surface area contributed by atoms with Crippen LogP contribution in [-0.4, -0.2) is 0 Å². The number of hydrogen-bond donors (Lipinski definition) is 0. The molecule has 0 saturated heterocycles. The summed E-state index contributed by atoms with van der Waals surface area (Å²) in [5.74, 6) is 1.80. The molecule has 0 aromatic heterocycles. The Morgan fingerprint density at radius 1 is 0.941 bits per heavy atom. The molecule has 0 aliphatic heterocycles. The fourth-order valence-corrected chi connectivity index (χ4v) is 1.83. The molecule has 0 spiro atoms. The molecule has 0 aliphatic rings. The highest BCUT2D eigenvalue weighted by atomic mass is 16.5. The zero-order valence-corrected chi connectivity index (χ0v) is 10.4. The predicted octanol–water partition coefficient (Wildman–Crippen LogP) is 4.74. The van der Waals surface area contributed by atoms with E-state index in [1.54, 1.807) is 0 Å². The normalized spacial score (nSPS) is 10.2. The van der Waals surface area contributed by atoms with Gasteiger partial charge in [0, 0.05) is 0 Å². The third kappa shape index (κ3) is 3.35. The first-order chi connectivity index (χ1) is 8.28. The molecule has 0 atom stereocenters. The highest BCUT2D eigenvalue weighted by molar-refractivity contribution is 5.34. The van der Waals surface area contributed by atoms with E-state index in [1.165, 1.54) is 17.5 Å². The summed E-state index contributed by atoms with van der Waals surface area (Å²) in [6, 6.07) is 16.4. The fraction of sp³-hybridized carbons (Fsp3) is 0.250. The summed E-state index contributed by atoms with van der Waals surface area (Å²) < 4.78 is 5.79. The van der Waals surface area contributed by atoms with Gasteiger partial charge in [-0.1, -0.05) is 37.6 Å². The lowest BCUT2D eigenvalue weighted by atomic mass is 10.1. The lowest BCUT2D eigenvalue weighted by Gasteiger charge is -2.07. The van der Waals surface area contributed by atoms with Gasteiger partial charge < -0.3 is 4.74 Å². The van der Waals surface area contributed by atoms with E-state index in [0.717, 1.165) is 17.9 Å². The second kappa shape index (κ2) is 5.53. The Kier molecular flexibility index (Phi) is 3.81. The van der Waals surface area contributed by atoms with Crippen molar-refractivity contribution in [3.63, 3.8) is 0 Å². The van der Waals surface area contributed by atoms with E-state index in [0.29, 0.717) is 0 Å². The minimum atomic E-state index is 0.897. The minimum Gasteiger partial charge on any atom is -0.457 e. The number of hydrogen-bond acceptors (Lipinski definition) is 1. The van der Waals surface area contributed by atoms with Crippen molar-refractivity contribution in [3.8, 4) is 11.5 Å².